The van der Waals surface area contributed by atoms with E-state index in [1.54, 1.807) is 0 Å². The van der Waals surface area contributed by atoms with Crippen LogP contribution in [0.3, 0.4) is 0 Å². The summed E-state index contributed by atoms with van der Waals surface area (Å²) in [5.74, 6) is 1.33. The molecule has 2 rings (SSSR count). The minimum absolute atomic E-state index is 0.506. The third-order valence-electron chi connectivity index (χ3n) is 2.40. The number of anilines is 1. The predicted octanol–water partition coefficient (Wildman–Crippen LogP) is 2.73. The third-order valence-corrected chi connectivity index (χ3v) is 2.40. The van der Waals surface area contributed by atoms with Crippen molar-refractivity contribution in [3.63, 3.8) is 0 Å². The Bertz CT molecular complexity index is 443. The maximum absolute atomic E-state index is 4.49. The molecule has 0 aliphatic rings. The number of para-hydroxylation sites is 1. The number of fused-ring (bicyclic) bond motifs is 1. The van der Waals surface area contributed by atoms with Gasteiger partial charge in [-0.15, -0.1) is 0 Å². The Morgan fingerprint density at radius 1 is 1.36 bits per heavy atom. The summed E-state index contributed by atoms with van der Waals surface area (Å²) in [5.41, 5.74) is 3.47. The predicted molar refractivity (Wildman–Crippen MR) is 59.7 cm³/mol. The molecule has 0 unspecified atom stereocenters. The first-order valence-electron chi connectivity index (χ1n) is 4.88. The average molecular weight is 189 g/mol. The van der Waals surface area contributed by atoms with Crippen molar-refractivity contribution in [3.05, 3.63) is 23.8 Å². The minimum atomic E-state index is 0.506. The molecule has 1 aromatic carbocycles. The number of hydrogen-bond acceptors (Lipinski definition) is 2. The van der Waals surface area contributed by atoms with E-state index in [2.05, 4.69) is 47.3 Å². The van der Waals surface area contributed by atoms with Crippen LogP contribution in [0.5, 0.6) is 0 Å². The first kappa shape index (κ1) is 9.06. The lowest BCUT2D eigenvalue weighted by atomic mass is 10.0. The molecule has 2 N–H and O–H groups in total. The van der Waals surface area contributed by atoms with Crippen LogP contribution in [0.1, 0.15) is 25.3 Å². The van der Waals surface area contributed by atoms with Gasteiger partial charge in [0.15, 0.2) is 0 Å². The topological polar surface area (TPSA) is 40.7 Å². The van der Waals surface area contributed by atoms with Crippen LogP contribution >= 0.6 is 0 Å². The largest absolute Gasteiger partial charge is 0.359 e. The molecule has 0 spiro atoms. The third kappa shape index (κ3) is 1.35. The molecule has 1 aromatic heterocycles. The van der Waals surface area contributed by atoms with Gasteiger partial charge in [-0.2, -0.15) is 0 Å². The summed E-state index contributed by atoms with van der Waals surface area (Å²) >= 11 is 0. The number of nitrogens with zero attached hydrogens (tertiary/aromatic N) is 1. The van der Waals surface area contributed by atoms with E-state index in [0.29, 0.717) is 5.92 Å². The maximum Gasteiger partial charge on any atom is 0.200 e. The van der Waals surface area contributed by atoms with Crippen LogP contribution < -0.4 is 5.32 Å². The van der Waals surface area contributed by atoms with Crippen molar-refractivity contribution in [3.8, 4) is 0 Å². The highest BCUT2D eigenvalue weighted by atomic mass is 15.1. The molecule has 0 saturated carbocycles. The Morgan fingerprint density at radius 3 is 2.79 bits per heavy atom. The summed E-state index contributed by atoms with van der Waals surface area (Å²) in [6, 6.07) is 6.25. The van der Waals surface area contributed by atoms with Crippen molar-refractivity contribution in [1.82, 2.24) is 9.97 Å². The summed E-state index contributed by atoms with van der Waals surface area (Å²) in [6.45, 7) is 4.37. The van der Waals surface area contributed by atoms with Gasteiger partial charge in [-0.25, -0.2) is 4.98 Å². The molecule has 3 nitrogen and oxygen atoms in total. The summed E-state index contributed by atoms with van der Waals surface area (Å²) in [5, 5.41) is 3.02. The van der Waals surface area contributed by atoms with E-state index in [4.69, 9.17) is 0 Å². The zero-order valence-electron chi connectivity index (χ0n) is 8.76. The van der Waals surface area contributed by atoms with E-state index >= 15 is 0 Å². The molecule has 1 heterocycles. The van der Waals surface area contributed by atoms with Gasteiger partial charge in [0.05, 0.1) is 11.0 Å². The minimum Gasteiger partial charge on any atom is -0.359 e. The molecule has 0 saturated heterocycles. The van der Waals surface area contributed by atoms with E-state index in [-0.39, 0.29) is 0 Å². The number of H-pyrrole nitrogens is 1. The Kier molecular flexibility index (Phi) is 2.15. The number of aromatic amines is 1. The van der Waals surface area contributed by atoms with Crippen LogP contribution in [0, 0.1) is 0 Å². The second kappa shape index (κ2) is 3.33. The molecule has 14 heavy (non-hydrogen) atoms. The van der Waals surface area contributed by atoms with Gasteiger partial charge in [0.25, 0.3) is 0 Å². The molecule has 0 atom stereocenters. The summed E-state index contributed by atoms with van der Waals surface area (Å²) in [7, 11) is 1.87. The average Bonchev–Trinajstić information content (AvgIpc) is 2.59. The lowest BCUT2D eigenvalue weighted by molar-refractivity contribution is 0.873. The molecular formula is C11H15N3. The van der Waals surface area contributed by atoms with Gasteiger partial charge in [0.2, 0.25) is 5.95 Å². The number of imidazole rings is 1. The number of rotatable bonds is 2. The molecule has 0 radical (unpaired) electrons. The van der Waals surface area contributed by atoms with Crippen molar-refractivity contribution in [2.45, 2.75) is 19.8 Å². The molecular weight excluding hydrogens is 174 g/mol. The van der Waals surface area contributed by atoms with Crippen molar-refractivity contribution < 1.29 is 0 Å². The molecule has 0 bridgehead atoms. The van der Waals surface area contributed by atoms with E-state index in [1.807, 2.05) is 7.05 Å². The monoisotopic (exact) mass is 189 g/mol. The van der Waals surface area contributed by atoms with Crippen molar-refractivity contribution in [2.24, 2.45) is 0 Å². The molecule has 0 aliphatic heterocycles. The van der Waals surface area contributed by atoms with Gasteiger partial charge in [0, 0.05) is 7.05 Å². The normalized spacial score (nSPS) is 11.1. The SMILES string of the molecule is CNc1nc2c(C(C)C)cccc2[nH]1. The first-order chi connectivity index (χ1) is 6.72. The van der Waals surface area contributed by atoms with Crippen molar-refractivity contribution in [1.29, 1.82) is 0 Å². The Morgan fingerprint density at radius 2 is 2.14 bits per heavy atom. The molecule has 0 fully saturated rings. The van der Waals surface area contributed by atoms with Crippen LogP contribution in [-0.4, -0.2) is 17.0 Å². The molecule has 0 amide bonds. The fourth-order valence-electron chi connectivity index (χ4n) is 1.64. The van der Waals surface area contributed by atoms with Crippen LogP contribution in [0.25, 0.3) is 11.0 Å². The highest BCUT2D eigenvalue weighted by molar-refractivity contribution is 5.81. The Balaban J connectivity index is 2.66. The number of hydrogen-bond donors (Lipinski definition) is 2. The van der Waals surface area contributed by atoms with Crippen LogP contribution in [0.4, 0.5) is 5.95 Å². The fraction of sp³-hybridized carbons (Fsp3) is 0.364. The van der Waals surface area contributed by atoms with Crippen LogP contribution in [0.15, 0.2) is 18.2 Å². The highest BCUT2D eigenvalue weighted by Gasteiger charge is 2.08. The van der Waals surface area contributed by atoms with E-state index in [0.717, 1.165) is 17.0 Å². The lowest BCUT2D eigenvalue weighted by Crippen LogP contribution is -1.90. The number of benzene rings is 1. The summed E-state index contributed by atoms with van der Waals surface area (Å²) in [4.78, 5) is 7.70. The van der Waals surface area contributed by atoms with Gasteiger partial charge < -0.3 is 10.3 Å². The highest BCUT2D eigenvalue weighted by Crippen LogP contribution is 2.24. The first-order valence-corrected chi connectivity index (χ1v) is 4.88. The Hall–Kier alpha value is -1.51. The van der Waals surface area contributed by atoms with E-state index in [9.17, 15) is 0 Å². The Labute approximate surface area is 83.6 Å². The van der Waals surface area contributed by atoms with Gasteiger partial charge in [-0.05, 0) is 17.5 Å². The molecule has 0 aliphatic carbocycles. The fourth-order valence-corrected chi connectivity index (χ4v) is 1.64. The lowest BCUT2D eigenvalue weighted by Gasteiger charge is -2.04. The van der Waals surface area contributed by atoms with Gasteiger partial charge in [0.1, 0.15) is 0 Å². The molecule has 2 aromatic rings. The standard InChI is InChI=1S/C11H15N3/c1-7(2)8-5-4-6-9-10(8)14-11(12-3)13-9/h4-7H,1-3H3,(H2,12,13,14). The van der Waals surface area contributed by atoms with Gasteiger partial charge >= 0.3 is 0 Å². The van der Waals surface area contributed by atoms with Crippen LogP contribution in [-0.2, 0) is 0 Å². The number of aromatic nitrogens is 2. The van der Waals surface area contributed by atoms with Crippen LogP contribution in [0.2, 0.25) is 0 Å². The van der Waals surface area contributed by atoms with Crippen molar-refractivity contribution >= 4 is 17.0 Å². The summed E-state index contributed by atoms with van der Waals surface area (Å²) < 4.78 is 0. The van der Waals surface area contributed by atoms with Gasteiger partial charge in [-0.3, -0.25) is 0 Å². The molecule has 3 heteroatoms. The second-order valence-corrected chi connectivity index (χ2v) is 3.73. The number of nitrogens with one attached hydrogen (secondary N) is 2. The quantitative estimate of drug-likeness (QED) is 0.762. The van der Waals surface area contributed by atoms with Crippen molar-refractivity contribution in [2.75, 3.05) is 12.4 Å². The van der Waals surface area contributed by atoms with Gasteiger partial charge in [-0.1, -0.05) is 26.0 Å². The zero-order chi connectivity index (χ0) is 10.1. The van der Waals surface area contributed by atoms with E-state index < -0.39 is 0 Å². The maximum atomic E-state index is 4.49. The summed E-state index contributed by atoms with van der Waals surface area (Å²) in [6.07, 6.45) is 0. The smallest absolute Gasteiger partial charge is 0.200 e. The molecule has 74 valence electrons. The zero-order valence-corrected chi connectivity index (χ0v) is 8.76. The second-order valence-electron chi connectivity index (χ2n) is 3.73. The van der Waals surface area contributed by atoms with E-state index in [1.165, 1.54) is 5.56 Å².